The van der Waals surface area contributed by atoms with E-state index in [1.54, 1.807) is 6.20 Å². The molecule has 0 aromatic carbocycles. The van der Waals surface area contributed by atoms with Crippen LogP contribution in [0.5, 0.6) is 5.88 Å². The van der Waals surface area contributed by atoms with E-state index in [9.17, 15) is 0 Å². The highest BCUT2D eigenvalue weighted by molar-refractivity contribution is 5.52. The van der Waals surface area contributed by atoms with E-state index in [-0.39, 0.29) is 6.10 Å². The maximum Gasteiger partial charge on any atom is 0.237 e. The van der Waals surface area contributed by atoms with Crippen LogP contribution in [0.2, 0.25) is 0 Å². The minimum Gasteiger partial charge on any atom is -0.473 e. The van der Waals surface area contributed by atoms with Gasteiger partial charge in [-0.2, -0.15) is 0 Å². The van der Waals surface area contributed by atoms with Crippen LogP contribution in [-0.4, -0.2) is 34.7 Å². The summed E-state index contributed by atoms with van der Waals surface area (Å²) in [6.45, 7) is 4.64. The van der Waals surface area contributed by atoms with Gasteiger partial charge < -0.3 is 19.5 Å². The molecule has 0 fully saturated rings. The molecule has 0 amide bonds. The van der Waals surface area contributed by atoms with Crippen molar-refractivity contribution in [1.82, 2.24) is 14.5 Å². The normalized spacial score (nSPS) is 10.8. The quantitative estimate of drug-likeness (QED) is 0.884. The van der Waals surface area contributed by atoms with Crippen molar-refractivity contribution in [2.75, 3.05) is 24.3 Å². The minimum absolute atomic E-state index is 0.0949. The third-order valence-electron chi connectivity index (χ3n) is 3.04. The molecule has 2 rings (SSSR count). The first-order chi connectivity index (χ1) is 9.99. The highest BCUT2D eigenvalue weighted by atomic mass is 16.5. The molecule has 2 aromatic heterocycles. The SMILES string of the molecule is CC(C)Oc1ncccc1NCc1cnc(N(C)C)n1C. The minimum atomic E-state index is 0.0949. The third-order valence-corrected chi connectivity index (χ3v) is 3.04. The van der Waals surface area contributed by atoms with Crippen molar-refractivity contribution < 1.29 is 4.74 Å². The number of hydrogen-bond acceptors (Lipinski definition) is 5. The molecule has 1 N–H and O–H groups in total. The average Bonchev–Trinajstić information content (AvgIpc) is 2.78. The predicted molar refractivity (Wildman–Crippen MR) is 84.9 cm³/mol. The molecule has 0 atom stereocenters. The molecule has 6 heteroatoms. The Kier molecular flexibility index (Phi) is 4.67. The number of ether oxygens (including phenoxy) is 1. The average molecular weight is 289 g/mol. The summed E-state index contributed by atoms with van der Waals surface area (Å²) in [6, 6.07) is 3.86. The molecular formula is C15H23N5O. The first kappa shape index (κ1) is 15.2. The van der Waals surface area contributed by atoms with Crippen LogP contribution in [-0.2, 0) is 13.6 Å². The van der Waals surface area contributed by atoms with Gasteiger partial charge in [-0.1, -0.05) is 0 Å². The smallest absolute Gasteiger partial charge is 0.237 e. The Morgan fingerprint density at radius 1 is 1.33 bits per heavy atom. The zero-order valence-electron chi connectivity index (χ0n) is 13.3. The van der Waals surface area contributed by atoms with Crippen LogP contribution in [0.4, 0.5) is 11.6 Å². The summed E-state index contributed by atoms with van der Waals surface area (Å²) in [6.07, 6.45) is 3.70. The number of nitrogens with zero attached hydrogens (tertiary/aromatic N) is 4. The Labute approximate surface area is 125 Å². The summed E-state index contributed by atoms with van der Waals surface area (Å²) in [4.78, 5) is 10.7. The van der Waals surface area contributed by atoms with E-state index in [4.69, 9.17) is 4.74 Å². The second kappa shape index (κ2) is 6.47. The van der Waals surface area contributed by atoms with Gasteiger partial charge in [-0.25, -0.2) is 9.97 Å². The Balaban J connectivity index is 2.10. The first-order valence-electron chi connectivity index (χ1n) is 7.02. The molecule has 21 heavy (non-hydrogen) atoms. The van der Waals surface area contributed by atoms with Crippen LogP contribution in [0.15, 0.2) is 24.5 Å². The lowest BCUT2D eigenvalue weighted by Crippen LogP contribution is -2.15. The molecule has 0 unspecified atom stereocenters. The molecule has 2 aromatic rings. The fourth-order valence-corrected chi connectivity index (χ4v) is 2.04. The molecule has 0 radical (unpaired) electrons. The van der Waals surface area contributed by atoms with Gasteiger partial charge in [0.15, 0.2) is 0 Å². The second-order valence-electron chi connectivity index (χ2n) is 5.38. The van der Waals surface area contributed by atoms with Crippen LogP contribution in [0, 0.1) is 0 Å². The highest BCUT2D eigenvalue weighted by Crippen LogP contribution is 2.22. The monoisotopic (exact) mass is 289 g/mol. The lowest BCUT2D eigenvalue weighted by molar-refractivity contribution is 0.234. The number of imidazole rings is 1. The van der Waals surface area contributed by atoms with E-state index < -0.39 is 0 Å². The Hall–Kier alpha value is -2.24. The third kappa shape index (κ3) is 3.65. The van der Waals surface area contributed by atoms with E-state index in [0.717, 1.165) is 17.3 Å². The fourth-order valence-electron chi connectivity index (χ4n) is 2.04. The van der Waals surface area contributed by atoms with Crippen molar-refractivity contribution in [3.63, 3.8) is 0 Å². The summed E-state index contributed by atoms with van der Waals surface area (Å²) in [7, 11) is 5.97. The van der Waals surface area contributed by atoms with Gasteiger partial charge in [0.05, 0.1) is 30.2 Å². The van der Waals surface area contributed by atoms with E-state index in [2.05, 4.69) is 19.9 Å². The standard InChI is InChI=1S/C15H23N5O/c1-11(2)21-14-13(7-6-8-16-14)17-9-12-10-18-15(19(3)4)20(12)5/h6-8,10-11,17H,9H2,1-5H3. The topological polar surface area (TPSA) is 55.2 Å². The number of hydrogen-bond donors (Lipinski definition) is 1. The first-order valence-corrected chi connectivity index (χ1v) is 7.02. The molecule has 0 aliphatic heterocycles. The van der Waals surface area contributed by atoms with Gasteiger partial charge in [-0.3, -0.25) is 0 Å². The van der Waals surface area contributed by atoms with E-state index in [1.165, 1.54) is 0 Å². The second-order valence-corrected chi connectivity index (χ2v) is 5.38. The lowest BCUT2D eigenvalue weighted by atomic mass is 10.3. The molecule has 0 aliphatic carbocycles. The number of anilines is 2. The predicted octanol–water partition coefficient (Wildman–Crippen LogP) is 2.28. The number of rotatable bonds is 6. The Morgan fingerprint density at radius 3 is 2.71 bits per heavy atom. The lowest BCUT2D eigenvalue weighted by Gasteiger charge is -2.15. The van der Waals surface area contributed by atoms with Gasteiger partial charge in [0.1, 0.15) is 0 Å². The summed E-state index contributed by atoms with van der Waals surface area (Å²) in [5.74, 6) is 1.55. The summed E-state index contributed by atoms with van der Waals surface area (Å²) in [5.41, 5.74) is 1.98. The number of pyridine rings is 1. The molecule has 114 valence electrons. The van der Waals surface area contributed by atoms with E-state index in [0.29, 0.717) is 12.4 Å². The zero-order chi connectivity index (χ0) is 15.4. The Morgan fingerprint density at radius 2 is 2.10 bits per heavy atom. The molecule has 0 bridgehead atoms. The van der Waals surface area contributed by atoms with Crippen molar-refractivity contribution >= 4 is 11.6 Å². The molecule has 0 spiro atoms. The number of nitrogens with one attached hydrogen (secondary N) is 1. The van der Waals surface area contributed by atoms with Crippen molar-refractivity contribution in [3.8, 4) is 5.88 Å². The van der Waals surface area contributed by atoms with Gasteiger partial charge in [-0.05, 0) is 26.0 Å². The summed E-state index contributed by atoms with van der Waals surface area (Å²) in [5, 5.41) is 3.36. The Bertz CT molecular complexity index is 591. The van der Waals surface area contributed by atoms with Crippen LogP contribution in [0.3, 0.4) is 0 Å². The molecule has 0 aliphatic rings. The van der Waals surface area contributed by atoms with Crippen molar-refractivity contribution in [1.29, 1.82) is 0 Å². The van der Waals surface area contributed by atoms with E-state index >= 15 is 0 Å². The maximum atomic E-state index is 5.70. The highest BCUT2D eigenvalue weighted by Gasteiger charge is 2.10. The summed E-state index contributed by atoms with van der Waals surface area (Å²) >= 11 is 0. The van der Waals surface area contributed by atoms with Gasteiger partial charge in [-0.15, -0.1) is 0 Å². The van der Waals surface area contributed by atoms with Gasteiger partial charge >= 0.3 is 0 Å². The molecule has 0 saturated heterocycles. The van der Waals surface area contributed by atoms with Crippen LogP contribution in [0.1, 0.15) is 19.5 Å². The van der Waals surface area contributed by atoms with Gasteiger partial charge in [0.25, 0.3) is 0 Å². The van der Waals surface area contributed by atoms with E-state index in [1.807, 2.05) is 58.2 Å². The van der Waals surface area contributed by atoms with Crippen LogP contribution >= 0.6 is 0 Å². The van der Waals surface area contributed by atoms with Gasteiger partial charge in [0, 0.05) is 27.3 Å². The molecular weight excluding hydrogens is 266 g/mol. The van der Waals surface area contributed by atoms with Crippen molar-refractivity contribution in [2.24, 2.45) is 7.05 Å². The van der Waals surface area contributed by atoms with Crippen molar-refractivity contribution in [3.05, 3.63) is 30.2 Å². The number of aromatic nitrogens is 3. The maximum absolute atomic E-state index is 5.70. The molecule has 2 heterocycles. The zero-order valence-corrected chi connectivity index (χ0v) is 13.3. The fraction of sp³-hybridized carbons (Fsp3) is 0.467. The molecule has 0 saturated carbocycles. The largest absolute Gasteiger partial charge is 0.473 e. The van der Waals surface area contributed by atoms with Gasteiger partial charge in [0.2, 0.25) is 11.8 Å². The summed E-state index contributed by atoms with van der Waals surface area (Å²) < 4.78 is 7.77. The van der Waals surface area contributed by atoms with Crippen LogP contribution < -0.4 is 15.0 Å². The molecule has 6 nitrogen and oxygen atoms in total. The van der Waals surface area contributed by atoms with Crippen LogP contribution in [0.25, 0.3) is 0 Å². The van der Waals surface area contributed by atoms with Crippen molar-refractivity contribution in [2.45, 2.75) is 26.5 Å².